The summed E-state index contributed by atoms with van der Waals surface area (Å²) in [6.45, 7) is 6.67. The van der Waals surface area contributed by atoms with Crippen molar-refractivity contribution in [3.05, 3.63) is 6.92 Å². The second kappa shape index (κ2) is 6.52. The minimum Gasteiger partial charge on any atom is -0.369 e. The average molecular weight is 111 g/mol. The van der Waals surface area contributed by atoms with Gasteiger partial charge < -0.3 is 4.74 Å². The van der Waals surface area contributed by atoms with Crippen LogP contribution in [0.5, 0.6) is 0 Å². The SMILES string of the molecule is [CH2]CCOCC#CC. The van der Waals surface area contributed by atoms with Crippen LogP contribution in [0.15, 0.2) is 0 Å². The van der Waals surface area contributed by atoms with E-state index in [0.29, 0.717) is 13.2 Å². The summed E-state index contributed by atoms with van der Waals surface area (Å²) in [5.74, 6) is 5.51. The highest BCUT2D eigenvalue weighted by Crippen LogP contribution is 1.76. The fourth-order valence-electron chi connectivity index (χ4n) is 0.297. The van der Waals surface area contributed by atoms with Gasteiger partial charge >= 0.3 is 0 Å². The second-order valence-corrected chi connectivity index (χ2v) is 1.33. The van der Waals surface area contributed by atoms with Crippen LogP contribution in [0.25, 0.3) is 0 Å². The van der Waals surface area contributed by atoms with Crippen molar-refractivity contribution in [2.24, 2.45) is 0 Å². The van der Waals surface area contributed by atoms with Crippen LogP contribution in [0.2, 0.25) is 0 Å². The van der Waals surface area contributed by atoms with Crippen LogP contribution in [-0.4, -0.2) is 13.2 Å². The lowest BCUT2D eigenvalue weighted by atomic mass is 10.5. The first-order valence-electron chi connectivity index (χ1n) is 2.68. The predicted octanol–water partition coefficient (Wildman–Crippen LogP) is 1.25. The van der Waals surface area contributed by atoms with Gasteiger partial charge in [-0.15, -0.1) is 5.92 Å². The lowest BCUT2D eigenvalue weighted by molar-refractivity contribution is 0.172. The van der Waals surface area contributed by atoms with Gasteiger partial charge in [-0.3, -0.25) is 0 Å². The molecule has 45 valence electrons. The summed E-state index contributed by atoms with van der Waals surface area (Å²) >= 11 is 0. The summed E-state index contributed by atoms with van der Waals surface area (Å²) in [5.41, 5.74) is 0. The van der Waals surface area contributed by atoms with E-state index in [2.05, 4.69) is 18.8 Å². The molecule has 0 saturated carbocycles. The van der Waals surface area contributed by atoms with Crippen LogP contribution in [0, 0.1) is 18.8 Å². The van der Waals surface area contributed by atoms with Crippen molar-refractivity contribution in [1.29, 1.82) is 0 Å². The smallest absolute Gasteiger partial charge is 0.107 e. The van der Waals surface area contributed by atoms with Gasteiger partial charge in [0, 0.05) is 6.61 Å². The normalized spacial score (nSPS) is 7.75. The molecular formula is C7H11O. The Balaban J connectivity index is 2.79. The van der Waals surface area contributed by atoms with Crippen LogP contribution in [0.1, 0.15) is 13.3 Å². The zero-order valence-electron chi connectivity index (χ0n) is 5.24. The molecule has 1 radical (unpaired) electrons. The topological polar surface area (TPSA) is 9.23 Å². The third-order valence-corrected chi connectivity index (χ3v) is 0.640. The first kappa shape index (κ1) is 7.52. The second-order valence-electron chi connectivity index (χ2n) is 1.33. The average Bonchev–Trinajstić information content (AvgIpc) is 1.81. The van der Waals surface area contributed by atoms with E-state index in [1.54, 1.807) is 6.92 Å². The molecular weight excluding hydrogens is 100 g/mol. The maximum absolute atomic E-state index is 4.99. The molecule has 0 aromatic heterocycles. The molecule has 0 spiro atoms. The molecule has 0 saturated heterocycles. The first-order chi connectivity index (χ1) is 3.91. The Morgan fingerprint density at radius 2 is 2.38 bits per heavy atom. The molecule has 0 aliphatic carbocycles. The van der Waals surface area contributed by atoms with Crippen molar-refractivity contribution in [2.45, 2.75) is 13.3 Å². The molecule has 0 heterocycles. The van der Waals surface area contributed by atoms with E-state index in [1.165, 1.54) is 0 Å². The maximum Gasteiger partial charge on any atom is 0.107 e. The summed E-state index contributed by atoms with van der Waals surface area (Å²) in [4.78, 5) is 0. The van der Waals surface area contributed by atoms with E-state index >= 15 is 0 Å². The van der Waals surface area contributed by atoms with Crippen molar-refractivity contribution in [3.63, 3.8) is 0 Å². The molecule has 0 aliphatic heterocycles. The zero-order valence-corrected chi connectivity index (χ0v) is 5.24. The number of hydrogen-bond donors (Lipinski definition) is 0. The Bertz CT molecular complexity index is 86.3. The van der Waals surface area contributed by atoms with Crippen LogP contribution >= 0.6 is 0 Å². The van der Waals surface area contributed by atoms with E-state index in [1.807, 2.05) is 0 Å². The van der Waals surface area contributed by atoms with Crippen LogP contribution in [0.4, 0.5) is 0 Å². The molecule has 0 aliphatic rings. The predicted molar refractivity (Wildman–Crippen MR) is 34.2 cm³/mol. The van der Waals surface area contributed by atoms with E-state index in [-0.39, 0.29) is 0 Å². The minimum absolute atomic E-state index is 0.548. The molecule has 0 aromatic rings. The van der Waals surface area contributed by atoms with Gasteiger partial charge in [0.25, 0.3) is 0 Å². The first-order valence-corrected chi connectivity index (χ1v) is 2.68. The Morgan fingerprint density at radius 3 is 2.88 bits per heavy atom. The molecule has 1 heteroatoms. The Morgan fingerprint density at radius 1 is 1.62 bits per heavy atom. The minimum atomic E-state index is 0.548. The van der Waals surface area contributed by atoms with Crippen molar-refractivity contribution >= 4 is 0 Å². The molecule has 0 unspecified atom stereocenters. The molecule has 0 rings (SSSR count). The van der Waals surface area contributed by atoms with Gasteiger partial charge in [-0.1, -0.05) is 12.8 Å². The van der Waals surface area contributed by atoms with Crippen molar-refractivity contribution in [2.75, 3.05) is 13.2 Å². The van der Waals surface area contributed by atoms with Crippen molar-refractivity contribution in [1.82, 2.24) is 0 Å². The highest BCUT2D eigenvalue weighted by atomic mass is 16.5. The van der Waals surface area contributed by atoms with Crippen LogP contribution < -0.4 is 0 Å². The lowest BCUT2D eigenvalue weighted by Gasteiger charge is -1.91. The fourth-order valence-corrected chi connectivity index (χ4v) is 0.297. The van der Waals surface area contributed by atoms with Gasteiger partial charge in [0.2, 0.25) is 0 Å². The molecule has 0 amide bonds. The van der Waals surface area contributed by atoms with Gasteiger partial charge in [0.1, 0.15) is 6.61 Å². The molecule has 1 nitrogen and oxygen atoms in total. The lowest BCUT2D eigenvalue weighted by Crippen LogP contribution is -1.91. The molecule has 8 heavy (non-hydrogen) atoms. The molecule has 0 bridgehead atoms. The van der Waals surface area contributed by atoms with Gasteiger partial charge in [-0.25, -0.2) is 0 Å². The monoisotopic (exact) mass is 111 g/mol. The van der Waals surface area contributed by atoms with E-state index in [0.717, 1.165) is 6.42 Å². The number of rotatable bonds is 3. The van der Waals surface area contributed by atoms with E-state index in [4.69, 9.17) is 4.74 Å². The maximum atomic E-state index is 4.99. The van der Waals surface area contributed by atoms with Crippen LogP contribution in [0.3, 0.4) is 0 Å². The Kier molecular flexibility index (Phi) is 6.13. The highest BCUT2D eigenvalue weighted by molar-refractivity contribution is 4.94. The Hall–Kier alpha value is -0.480. The van der Waals surface area contributed by atoms with Crippen molar-refractivity contribution in [3.8, 4) is 11.8 Å². The number of hydrogen-bond acceptors (Lipinski definition) is 1. The van der Waals surface area contributed by atoms with Gasteiger partial charge in [-0.2, -0.15) is 0 Å². The molecule has 0 aromatic carbocycles. The van der Waals surface area contributed by atoms with Crippen molar-refractivity contribution < 1.29 is 4.74 Å². The quantitative estimate of drug-likeness (QED) is 0.393. The van der Waals surface area contributed by atoms with Gasteiger partial charge in [0.05, 0.1) is 0 Å². The largest absolute Gasteiger partial charge is 0.369 e. The molecule has 0 fully saturated rings. The molecule has 0 N–H and O–H groups in total. The summed E-state index contributed by atoms with van der Waals surface area (Å²) < 4.78 is 4.99. The Labute approximate surface area is 51.0 Å². The highest BCUT2D eigenvalue weighted by Gasteiger charge is 1.76. The summed E-state index contributed by atoms with van der Waals surface area (Å²) in [5, 5.41) is 0. The summed E-state index contributed by atoms with van der Waals surface area (Å²) in [6.07, 6.45) is 0.825. The number of ether oxygens (including phenoxy) is 1. The third kappa shape index (κ3) is 5.52. The fraction of sp³-hybridized carbons (Fsp3) is 0.571. The van der Waals surface area contributed by atoms with E-state index < -0.39 is 0 Å². The van der Waals surface area contributed by atoms with Gasteiger partial charge in [-0.05, 0) is 13.3 Å². The molecule has 0 atom stereocenters. The van der Waals surface area contributed by atoms with Crippen LogP contribution in [-0.2, 0) is 4.74 Å². The summed E-state index contributed by atoms with van der Waals surface area (Å²) in [7, 11) is 0. The van der Waals surface area contributed by atoms with E-state index in [9.17, 15) is 0 Å². The third-order valence-electron chi connectivity index (χ3n) is 0.640. The van der Waals surface area contributed by atoms with Gasteiger partial charge in [0.15, 0.2) is 0 Å². The zero-order chi connectivity index (χ0) is 6.24. The summed E-state index contributed by atoms with van der Waals surface area (Å²) in [6, 6.07) is 0. The standard InChI is InChI=1S/C7H11O/c1-3-5-7-8-6-4-2/h2,4,6-7H2,1H3.